The minimum Gasteiger partial charge on any atom is -0.368 e. The van der Waals surface area contributed by atoms with Gasteiger partial charge in [-0.15, -0.1) is 11.8 Å². The molecule has 0 aromatic carbocycles. The summed E-state index contributed by atoms with van der Waals surface area (Å²) in [6.45, 7) is 6.33. The van der Waals surface area contributed by atoms with Crippen molar-refractivity contribution in [1.29, 1.82) is 0 Å². The zero-order valence-electron chi connectivity index (χ0n) is 8.46. The second-order valence-corrected chi connectivity index (χ2v) is 4.73. The molecule has 0 spiro atoms. The van der Waals surface area contributed by atoms with E-state index in [1.807, 2.05) is 12.3 Å². The zero-order chi connectivity index (χ0) is 10.1. The lowest BCUT2D eigenvalue weighted by molar-refractivity contribution is 0.565. The predicted octanol–water partition coefficient (Wildman–Crippen LogP) is 2.08. The Balaban J connectivity index is 3.16. The number of hydrogen-bond acceptors (Lipinski definition) is 4. The molecule has 13 heavy (non-hydrogen) atoms. The molecule has 0 saturated carbocycles. The third-order valence-electron chi connectivity index (χ3n) is 1.70. The van der Waals surface area contributed by atoms with Crippen LogP contribution in [0.25, 0.3) is 0 Å². The fourth-order valence-corrected chi connectivity index (χ4v) is 1.35. The van der Waals surface area contributed by atoms with Gasteiger partial charge in [-0.25, -0.2) is 9.97 Å². The molecule has 2 N–H and O–H groups in total. The van der Waals surface area contributed by atoms with E-state index in [1.54, 1.807) is 11.8 Å². The zero-order valence-corrected chi connectivity index (χ0v) is 9.27. The molecule has 1 rings (SSSR count). The first kappa shape index (κ1) is 10.3. The lowest BCUT2D eigenvalue weighted by Gasteiger charge is -2.18. The van der Waals surface area contributed by atoms with Gasteiger partial charge in [-0.05, 0) is 12.3 Å². The standard InChI is InChI=1S/C9H15N3S/c1-9(2,3)6-5-7(13-4)12-8(10)11-6/h5H,1-4H3,(H2,10,11,12). The maximum Gasteiger partial charge on any atom is 0.221 e. The Bertz CT molecular complexity index is 304. The fourth-order valence-electron chi connectivity index (χ4n) is 0.932. The summed E-state index contributed by atoms with van der Waals surface area (Å²) in [5.74, 6) is 0.358. The summed E-state index contributed by atoms with van der Waals surface area (Å²) >= 11 is 1.58. The maximum atomic E-state index is 5.60. The summed E-state index contributed by atoms with van der Waals surface area (Å²) in [5.41, 5.74) is 6.62. The third kappa shape index (κ3) is 2.59. The molecular weight excluding hydrogens is 182 g/mol. The average molecular weight is 197 g/mol. The monoisotopic (exact) mass is 197 g/mol. The first-order chi connectivity index (χ1) is 5.93. The summed E-state index contributed by atoms with van der Waals surface area (Å²) in [6.07, 6.45) is 1.98. The molecule has 1 aromatic heterocycles. The highest BCUT2D eigenvalue weighted by Gasteiger charge is 2.16. The SMILES string of the molecule is CSc1cc(C(C)(C)C)nc(N)n1. The maximum absolute atomic E-state index is 5.60. The molecule has 3 nitrogen and oxygen atoms in total. The van der Waals surface area contributed by atoms with E-state index in [0.29, 0.717) is 5.95 Å². The van der Waals surface area contributed by atoms with Gasteiger partial charge in [0.05, 0.1) is 5.69 Å². The number of anilines is 1. The first-order valence-corrected chi connectivity index (χ1v) is 5.35. The van der Waals surface area contributed by atoms with Crippen LogP contribution in [0.4, 0.5) is 5.95 Å². The Morgan fingerprint density at radius 1 is 1.31 bits per heavy atom. The molecule has 72 valence electrons. The van der Waals surface area contributed by atoms with Crippen LogP contribution < -0.4 is 5.73 Å². The molecule has 0 aliphatic heterocycles. The van der Waals surface area contributed by atoms with Gasteiger partial charge in [0.1, 0.15) is 5.03 Å². The van der Waals surface area contributed by atoms with Crippen molar-refractivity contribution in [3.8, 4) is 0 Å². The molecular formula is C9H15N3S. The molecule has 0 fully saturated rings. The number of hydrogen-bond donors (Lipinski definition) is 1. The number of aromatic nitrogens is 2. The molecule has 1 aromatic rings. The highest BCUT2D eigenvalue weighted by molar-refractivity contribution is 7.98. The van der Waals surface area contributed by atoms with Gasteiger partial charge >= 0.3 is 0 Å². The second kappa shape index (κ2) is 3.54. The minimum atomic E-state index is 0.0293. The Labute approximate surface area is 83.2 Å². The largest absolute Gasteiger partial charge is 0.368 e. The molecule has 0 aliphatic rings. The Kier molecular flexibility index (Phi) is 2.81. The van der Waals surface area contributed by atoms with Crippen molar-refractivity contribution >= 4 is 17.7 Å². The molecule has 0 unspecified atom stereocenters. The number of nitrogens with zero attached hydrogens (tertiary/aromatic N) is 2. The van der Waals surface area contributed by atoms with Gasteiger partial charge in [-0.3, -0.25) is 0 Å². The van der Waals surface area contributed by atoms with Gasteiger partial charge in [0, 0.05) is 5.41 Å². The second-order valence-electron chi connectivity index (χ2n) is 3.90. The minimum absolute atomic E-state index is 0.0293. The van der Waals surface area contributed by atoms with Crippen molar-refractivity contribution in [2.24, 2.45) is 0 Å². The molecule has 0 bridgehead atoms. The molecule has 1 heterocycles. The summed E-state index contributed by atoms with van der Waals surface area (Å²) in [6, 6.07) is 1.99. The Hall–Kier alpha value is -0.770. The molecule has 0 amide bonds. The number of thioether (sulfide) groups is 1. The van der Waals surface area contributed by atoms with Crippen LogP contribution in [0.5, 0.6) is 0 Å². The highest BCUT2D eigenvalue weighted by Crippen LogP contribution is 2.23. The lowest BCUT2D eigenvalue weighted by atomic mass is 9.92. The topological polar surface area (TPSA) is 51.8 Å². The van der Waals surface area contributed by atoms with Crippen molar-refractivity contribution in [2.45, 2.75) is 31.2 Å². The van der Waals surface area contributed by atoms with Crippen LogP contribution in [-0.2, 0) is 5.41 Å². The van der Waals surface area contributed by atoms with Gasteiger partial charge in [-0.1, -0.05) is 20.8 Å². The summed E-state index contributed by atoms with van der Waals surface area (Å²) < 4.78 is 0. The summed E-state index contributed by atoms with van der Waals surface area (Å²) in [7, 11) is 0. The third-order valence-corrected chi connectivity index (χ3v) is 2.32. The van der Waals surface area contributed by atoms with Crippen LogP contribution in [0, 0.1) is 0 Å². The smallest absolute Gasteiger partial charge is 0.221 e. The number of nitrogen functional groups attached to an aromatic ring is 1. The van der Waals surface area contributed by atoms with E-state index in [4.69, 9.17) is 5.73 Å². The quantitative estimate of drug-likeness (QED) is 0.553. The number of nitrogens with two attached hydrogens (primary N) is 1. The van der Waals surface area contributed by atoms with Crippen LogP contribution in [-0.4, -0.2) is 16.2 Å². The van der Waals surface area contributed by atoms with Crippen molar-refractivity contribution < 1.29 is 0 Å². The van der Waals surface area contributed by atoms with E-state index in [-0.39, 0.29) is 5.41 Å². The molecule has 0 radical (unpaired) electrons. The van der Waals surface area contributed by atoms with Crippen LogP contribution in [0.15, 0.2) is 11.1 Å². The summed E-state index contributed by atoms with van der Waals surface area (Å²) in [5, 5.41) is 0.928. The van der Waals surface area contributed by atoms with E-state index in [2.05, 4.69) is 30.7 Å². The van der Waals surface area contributed by atoms with E-state index in [1.165, 1.54) is 0 Å². The molecule has 0 aliphatic carbocycles. The van der Waals surface area contributed by atoms with Crippen molar-refractivity contribution in [3.63, 3.8) is 0 Å². The van der Waals surface area contributed by atoms with Gasteiger partial charge in [0.15, 0.2) is 0 Å². The normalized spacial score (nSPS) is 11.7. The van der Waals surface area contributed by atoms with Gasteiger partial charge in [-0.2, -0.15) is 0 Å². The summed E-state index contributed by atoms with van der Waals surface area (Å²) in [4.78, 5) is 8.30. The average Bonchev–Trinajstić information content (AvgIpc) is 2.01. The Morgan fingerprint density at radius 2 is 1.92 bits per heavy atom. The first-order valence-electron chi connectivity index (χ1n) is 4.12. The number of rotatable bonds is 1. The van der Waals surface area contributed by atoms with E-state index in [0.717, 1.165) is 10.7 Å². The fraction of sp³-hybridized carbons (Fsp3) is 0.556. The van der Waals surface area contributed by atoms with E-state index < -0.39 is 0 Å². The van der Waals surface area contributed by atoms with Crippen molar-refractivity contribution in [2.75, 3.05) is 12.0 Å². The van der Waals surface area contributed by atoms with Crippen LogP contribution in [0.3, 0.4) is 0 Å². The van der Waals surface area contributed by atoms with E-state index >= 15 is 0 Å². The lowest BCUT2D eigenvalue weighted by Crippen LogP contribution is -2.15. The molecule has 0 atom stereocenters. The van der Waals surface area contributed by atoms with Crippen LogP contribution in [0.1, 0.15) is 26.5 Å². The van der Waals surface area contributed by atoms with Crippen molar-refractivity contribution in [3.05, 3.63) is 11.8 Å². The molecule has 4 heteroatoms. The van der Waals surface area contributed by atoms with E-state index in [9.17, 15) is 0 Å². The van der Waals surface area contributed by atoms with Gasteiger partial charge < -0.3 is 5.73 Å². The molecule has 0 saturated heterocycles. The van der Waals surface area contributed by atoms with Gasteiger partial charge in [0.25, 0.3) is 0 Å². The van der Waals surface area contributed by atoms with Crippen LogP contribution >= 0.6 is 11.8 Å². The Morgan fingerprint density at radius 3 is 2.38 bits per heavy atom. The van der Waals surface area contributed by atoms with Crippen LogP contribution in [0.2, 0.25) is 0 Å². The highest BCUT2D eigenvalue weighted by atomic mass is 32.2. The van der Waals surface area contributed by atoms with Crippen molar-refractivity contribution in [1.82, 2.24) is 9.97 Å². The predicted molar refractivity (Wildman–Crippen MR) is 56.9 cm³/mol. The van der Waals surface area contributed by atoms with Gasteiger partial charge in [0.2, 0.25) is 5.95 Å².